The van der Waals surface area contributed by atoms with Crippen molar-refractivity contribution in [2.45, 2.75) is 13.0 Å². The second-order valence-corrected chi connectivity index (χ2v) is 3.84. The van der Waals surface area contributed by atoms with Crippen molar-refractivity contribution >= 4 is 10.9 Å². The number of nitrogens with zero attached hydrogens (tertiary/aromatic N) is 2. The topological polar surface area (TPSA) is 29.9 Å². The maximum Gasteiger partial charge on any atom is 0.0841 e. The Balaban J connectivity index is 2.15. The zero-order valence-electron chi connectivity index (χ0n) is 9.61. The summed E-state index contributed by atoms with van der Waals surface area (Å²) in [5, 5.41) is 9.11. The molecule has 0 amide bonds. The summed E-state index contributed by atoms with van der Waals surface area (Å²) < 4.78 is 1.93. The summed E-state index contributed by atoms with van der Waals surface area (Å²) in [6.45, 7) is 5.47. The van der Waals surface area contributed by atoms with Crippen molar-refractivity contribution in [1.29, 1.82) is 0 Å². The molecule has 0 fully saturated rings. The standard InChI is InChI=1S/C13H17N3/c1-3-4-9-14-10-12-11-7-5-6-8-13(11)16(2)15-12/h3,5-8,14H,1,4,9-10H2,2H3. The van der Waals surface area contributed by atoms with Crippen molar-refractivity contribution < 1.29 is 0 Å². The molecule has 16 heavy (non-hydrogen) atoms. The van der Waals surface area contributed by atoms with E-state index in [0.717, 1.165) is 25.2 Å². The summed E-state index contributed by atoms with van der Waals surface area (Å²) >= 11 is 0. The molecule has 0 atom stereocenters. The fraction of sp³-hybridized carbons (Fsp3) is 0.308. The lowest BCUT2D eigenvalue weighted by atomic mass is 10.2. The number of rotatable bonds is 5. The van der Waals surface area contributed by atoms with E-state index in [-0.39, 0.29) is 0 Å². The van der Waals surface area contributed by atoms with Crippen LogP contribution in [0.3, 0.4) is 0 Å². The van der Waals surface area contributed by atoms with Gasteiger partial charge in [-0.25, -0.2) is 0 Å². The minimum absolute atomic E-state index is 0.815. The van der Waals surface area contributed by atoms with E-state index in [9.17, 15) is 0 Å². The van der Waals surface area contributed by atoms with Gasteiger partial charge in [-0.05, 0) is 19.0 Å². The van der Waals surface area contributed by atoms with E-state index < -0.39 is 0 Å². The van der Waals surface area contributed by atoms with E-state index in [1.807, 2.05) is 23.9 Å². The summed E-state index contributed by atoms with van der Waals surface area (Å²) in [7, 11) is 1.98. The van der Waals surface area contributed by atoms with Crippen molar-refractivity contribution in [2.24, 2.45) is 7.05 Å². The highest BCUT2D eigenvalue weighted by Gasteiger charge is 2.06. The molecule has 1 heterocycles. The predicted octanol–water partition coefficient (Wildman–Crippen LogP) is 2.24. The second kappa shape index (κ2) is 4.94. The Kier molecular flexibility index (Phi) is 3.37. The van der Waals surface area contributed by atoms with Crippen molar-refractivity contribution in [3.63, 3.8) is 0 Å². The lowest BCUT2D eigenvalue weighted by Crippen LogP contribution is -2.14. The first-order valence-electron chi connectivity index (χ1n) is 5.55. The monoisotopic (exact) mass is 215 g/mol. The van der Waals surface area contributed by atoms with Gasteiger partial charge >= 0.3 is 0 Å². The Labute approximate surface area is 95.8 Å². The van der Waals surface area contributed by atoms with Crippen LogP contribution in [0.5, 0.6) is 0 Å². The molecule has 2 aromatic rings. The van der Waals surface area contributed by atoms with Gasteiger partial charge in [0.2, 0.25) is 0 Å². The minimum atomic E-state index is 0.815. The molecule has 1 N–H and O–H groups in total. The molecule has 0 saturated heterocycles. The van der Waals surface area contributed by atoms with Crippen LogP contribution in [0.15, 0.2) is 36.9 Å². The number of aromatic nitrogens is 2. The molecule has 0 aliphatic heterocycles. The van der Waals surface area contributed by atoms with Gasteiger partial charge < -0.3 is 5.32 Å². The van der Waals surface area contributed by atoms with Gasteiger partial charge in [0.05, 0.1) is 11.2 Å². The van der Waals surface area contributed by atoms with Crippen molar-refractivity contribution in [3.8, 4) is 0 Å². The molecule has 84 valence electrons. The molecular weight excluding hydrogens is 198 g/mol. The molecule has 0 saturated carbocycles. The summed E-state index contributed by atoms with van der Waals surface area (Å²) in [6, 6.07) is 8.30. The zero-order valence-corrected chi connectivity index (χ0v) is 9.61. The normalized spacial score (nSPS) is 10.8. The van der Waals surface area contributed by atoms with Crippen LogP contribution in [-0.2, 0) is 13.6 Å². The van der Waals surface area contributed by atoms with Crippen LogP contribution >= 0.6 is 0 Å². The third kappa shape index (κ3) is 2.14. The lowest BCUT2D eigenvalue weighted by molar-refractivity contribution is 0.665. The molecule has 0 aliphatic rings. The van der Waals surface area contributed by atoms with E-state index in [1.165, 1.54) is 10.9 Å². The number of fused-ring (bicyclic) bond motifs is 1. The SMILES string of the molecule is C=CCCNCc1nn(C)c2ccccc12. The fourth-order valence-corrected chi connectivity index (χ4v) is 1.83. The van der Waals surface area contributed by atoms with E-state index in [1.54, 1.807) is 0 Å². The summed E-state index contributed by atoms with van der Waals surface area (Å²) in [4.78, 5) is 0. The summed E-state index contributed by atoms with van der Waals surface area (Å²) in [5.74, 6) is 0. The number of nitrogens with one attached hydrogen (secondary N) is 1. The van der Waals surface area contributed by atoms with Crippen LogP contribution in [0.2, 0.25) is 0 Å². The second-order valence-electron chi connectivity index (χ2n) is 3.84. The van der Waals surface area contributed by atoms with Gasteiger partial charge in [-0.2, -0.15) is 5.10 Å². The van der Waals surface area contributed by atoms with Crippen molar-refractivity contribution in [3.05, 3.63) is 42.6 Å². The Bertz CT molecular complexity index is 485. The molecule has 1 aromatic carbocycles. The summed E-state index contributed by atoms with van der Waals surface area (Å²) in [6.07, 6.45) is 2.91. The molecule has 3 nitrogen and oxygen atoms in total. The van der Waals surface area contributed by atoms with Crippen molar-refractivity contribution in [2.75, 3.05) is 6.54 Å². The molecule has 0 aliphatic carbocycles. The highest BCUT2D eigenvalue weighted by molar-refractivity contribution is 5.81. The molecular formula is C13H17N3. The van der Waals surface area contributed by atoms with Gasteiger partial charge in [0.1, 0.15) is 0 Å². The van der Waals surface area contributed by atoms with E-state index in [0.29, 0.717) is 0 Å². The number of hydrogen-bond donors (Lipinski definition) is 1. The number of aryl methyl sites for hydroxylation is 1. The average molecular weight is 215 g/mol. The Morgan fingerprint density at radius 2 is 2.25 bits per heavy atom. The zero-order chi connectivity index (χ0) is 11.4. The van der Waals surface area contributed by atoms with Crippen molar-refractivity contribution in [1.82, 2.24) is 15.1 Å². The fourth-order valence-electron chi connectivity index (χ4n) is 1.83. The van der Waals surface area contributed by atoms with Crippen LogP contribution in [0.1, 0.15) is 12.1 Å². The van der Waals surface area contributed by atoms with E-state index in [4.69, 9.17) is 0 Å². The van der Waals surface area contributed by atoms with Crippen LogP contribution in [0, 0.1) is 0 Å². The first-order chi connectivity index (χ1) is 7.83. The smallest absolute Gasteiger partial charge is 0.0841 e. The first-order valence-corrected chi connectivity index (χ1v) is 5.55. The Morgan fingerprint density at radius 1 is 1.44 bits per heavy atom. The largest absolute Gasteiger partial charge is 0.311 e. The minimum Gasteiger partial charge on any atom is -0.311 e. The van der Waals surface area contributed by atoms with E-state index >= 15 is 0 Å². The highest BCUT2D eigenvalue weighted by Crippen LogP contribution is 2.16. The third-order valence-electron chi connectivity index (χ3n) is 2.65. The van der Waals surface area contributed by atoms with Gasteiger partial charge in [-0.3, -0.25) is 4.68 Å². The number of para-hydroxylation sites is 1. The highest BCUT2D eigenvalue weighted by atomic mass is 15.3. The summed E-state index contributed by atoms with van der Waals surface area (Å²) in [5.41, 5.74) is 2.30. The molecule has 0 spiro atoms. The molecule has 2 rings (SSSR count). The van der Waals surface area contributed by atoms with Gasteiger partial charge in [-0.15, -0.1) is 6.58 Å². The predicted molar refractivity (Wildman–Crippen MR) is 67.2 cm³/mol. The van der Waals surface area contributed by atoms with E-state index in [2.05, 4.69) is 35.2 Å². The Morgan fingerprint density at radius 3 is 3.06 bits per heavy atom. The molecule has 1 aromatic heterocycles. The van der Waals surface area contributed by atoms with Gasteiger partial charge in [-0.1, -0.05) is 24.3 Å². The maximum absolute atomic E-state index is 4.52. The van der Waals surface area contributed by atoms with Gasteiger partial charge in [0.25, 0.3) is 0 Å². The van der Waals surface area contributed by atoms with Gasteiger partial charge in [0, 0.05) is 19.0 Å². The lowest BCUT2D eigenvalue weighted by Gasteiger charge is -1.99. The Hall–Kier alpha value is -1.61. The number of hydrogen-bond acceptors (Lipinski definition) is 2. The number of benzene rings is 1. The first kappa shape index (κ1) is 10.9. The van der Waals surface area contributed by atoms with Crippen LogP contribution in [-0.4, -0.2) is 16.3 Å². The maximum atomic E-state index is 4.52. The van der Waals surface area contributed by atoms with Gasteiger partial charge in [0.15, 0.2) is 0 Å². The van der Waals surface area contributed by atoms with Crippen LogP contribution in [0.4, 0.5) is 0 Å². The molecule has 0 radical (unpaired) electrons. The average Bonchev–Trinajstić information content (AvgIpc) is 2.63. The quantitative estimate of drug-likeness (QED) is 0.612. The third-order valence-corrected chi connectivity index (χ3v) is 2.65. The molecule has 3 heteroatoms. The molecule has 0 unspecified atom stereocenters. The van der Waals surface area contributed by atoms with Crippen LogP contribution in [0.25, 0.3) is 10.9 Å². The molecule has 0 bridgehead atoms. The van der Waals surface area contributed by atoms with Crippen LogP contribution < -0.4 is 5.32 Å².